The summed E-state index contributed by atoms with van der Waals surface area (Å²) in [5.41, 5.74) is 0. The van der Waals surface area contributed by atoms with Gasteiger partial charge in [-0.1, -0.05) is 38.3 Å². The van der Waals surface area contributed by atoms with E-state index < -0.39 is 0 Å². The summed E-state index contributed by atoms with van der Waals surface area (Å²) in [5, 5.41) is 0.798. The highest BCUT2D eigenvalue weighted by Gasteiger charge is 1.96. The molecular formula is C10H18N2S. The zero-order valence-electron chi connectivity index (χ0n) is 8.71. The van der Waals surface area contributed by atoms with Crippen LogP contribution in [0.3, 0.4) is 0 Å². The molecule has 0 atom stereocenters. The number of hydrogen-bond donors (Lipinski definition) is 0. The van der Waals surface area contributed by atoms with Crippen LogP contribution >= 0.6 is 11.8 Å². The topological polar surface area (TPSA) is 15.6 Å². The van der Waals surface area contributed by atoms with Crippen molar-refractivity contribution >= 4 is 18.1 Å². The lowest BCUT2D eigenvalue weighted by Crippen LogP contribution is -2.07. The molecule has 0 aromatic rings. The van der Waals surface area contributed by atoms with Crippen LogP contribution in [0.1, 0.15) is 19.8 Å². The SMILES string of the molecule is C=C(CCC)SC(=C)/N=C\N(C)C. The second-order valence-electron chi connectivity index (χ2n) is 2.99. The van der Waals surface area contributed by atoms with Crippen molar-refractivity contribution < 1.29 is 0 Å². The lowest BCUT2D eigenvalue weighted by Gasteiger charge is -2.05. The van der Waals surface area contributed by atoms with Crippen LogP contribution in [0.4, 0.5) is 0 Å². The molecule has 0 aromatic carbocycles. The number of aliphatic imine (C=N–C) groups is 1. The molecule has 0 unspecified atom stereocenters. The molecule has 0 fully saturated rings. The Bertz CT molecular complexity index is 207. The third-order valence-electron chi connectivity index (χ3n) is 1.22. The number of allylic oxidation sites excluding steroid dienone is 1. The Morgan fingerprint density at radius 1 is 1.46 bits per heavy atom. The van der Waals surface area contributed by atoms with Gasteiger partial charge in [0.2, 0.25) is 0 Å². The second-order valence-corrected chi connectivity index (χ2v) is 4.25. The summed E-state index contributed by atoms with van der Waals surface area (Å²) in [5.74, 6) is 0. The van der Waals surface area contributed by atoms with E-state index in [-0.39, 0.29) is 0 Å². The molecule has 0 saturated heterocycles. The Kier molecular flexibility index (Phi) is 6.41. The molecule has 0 aliphatic rings. The van der Waals surface area contributed by atoms with Gasteiger partial charge in [0.15, 0.2) is 0 Å². The van der Waals surface area contributed by atoms with E-state index in [1.807, 2.05) is 19.0 Å². The smallest absolute Gasteiger partial charge is 0.0950 e. The predicted molar refractivity (Wildman–Crippen MR) is 63.0 cm³/mol. The Morgan fingerprint density at radius 2 is 2.08 bits per heavy atom. The molecule has 3 heteroatoms. The maximum Gasteiger partial charge on any atom is 0.0950 e. The van der Waals surface area contributed by atoms with Gasteiger partial charge in [-0.15, -0.1) is 0 Å². The molecule has 0 heterocycles. The first kappa shape index (κ1) is 12.3. The standard InChI is InChI=1S/C10H18N2S/c1-6-7-9(2)13-10(3)11-8-12(4)5/h8H,2-3,6-7H2,1,4-5H3/b11-8-. The van der Waals surface area contributed by atoms with Gasteiger partial charge in [-0.3, -0.25) is 0 Å². The van der Waals surface area contributed by atoms with Crippen LogP contribution in [-0.2, 0) is 0 Å². The predicted octanol–water partition coefficient (Wildman–Crippen LogP) is 3.09. The normalized spacial score (nSPS) is 10.4. The molecule has 0 N–H and O–H groups in total. The number of thioether (sulfide) groups is 1. The first-order chi connectivity index (χ1) is 6.06. The van der Waals surface area contributed by atoms with Gasteiger partial charge < -0.3 is 4.90 Å². The minimum atomic E-state index is 0.798. The quantitative estimate of drug-likeness (QED) is 0.481. The van der Waals surface area contributed by atoms with Crippen molar-refractivity contribution in [1.29, 1.82) is 0 Å². The molecule has 2 nitrogen and oxygen atoms in total. The molecule has 0 rings (SSSR count). The molecular weight excluding hydrogens is 180 g/mol. The van der Waals surface area contributed by atoms with Crippen molar-refractivity contribution in [3.63, 3.8) is 0 Å². The van der Waals surface area contributed by atoms with Crippen LogP contribution in [0.25, 0.3) is 0 Å². The fraction of sp³-hybridized carbons (Fsp3) is 0.500. The first-order valence-electron chi connectivity index (χ1n) is 4.31. The third-order valence-corrected chi connectivity index (χ3v) is 2.06. The summed E-state index contributed by atoms with van der Waals surface area (Å²) in [6.07, 6.45) is 3.90. The van der Waals surface area contributed by atoms with Gasteiger partial charge in [0.1, 0.15) is 0 Å². The van der Waals surface area contributed by atoms with Crippen LogP contribution in [0.15, 0.2) is 28.1 Å². The monoisotopic (exact) mass is 198 g/mol. The fourth-order valence-electron chi connectivity index (χ4n) is 0.703. The highest BCUT2D eigenvalue weighted by molar-refractivity contribution is 8.06. The molecule has 0 amide bonds. The van der Waals surface area contributed by atoms with Crippen LogP contribution in [0, 0.1) is 0 Å². The van der Waals surface area contributed by atoms with Gasteiger partial charge in [-0.2, -0.15) is 0 Å². The summed E-state index contributed by atoms with van der Waals surface area (Å²) < 4.78 is 0. The van der Waals surface area contributed by atoms with E-state index in [1.54, 1.807) is 18.1 Å². The average molecular weight is 198 g/mol. The van der Waals surface area contributed by atoms with Crippen LogP contribution in [0.5, 0.6) is 0 Å². The first-order valence-corrected chi connectivity index (χ1v) is 5.13. The van der Waals surface area contributed by atoms with Crippen LogP contribution in [0.2, 0.25) is 0 Å². The molecule has 0 aliphatic carbocycles. The highest BCUT2D eigenvalue weighted by atomic mass is 32.2. The molecule has 13 heavy (non-hydrogen) atoms. The average Bonchev–Trinajstić information content (AvgIpc) is 2.01. The van der Waals surface area contributed by atoms with Gasteiger partial charge in [0, 0.05) is 14.1 Å². The fourth-order valence-corrected chi connectivity index (χ4v) is 1.44. The van der Waals surface area contributed by atoms with E-state index in [0.29, 0.717) is 0 Å². The van der Waals surface area contributed by atoms with Crippen molar-refractivity contribution in [3.05, 3.63) is 23.1 Å². The molecule has 74 valence electrons. The number of nitrogens with zero attached hydrogens (tertiary/aromatic N) is 2. The van der Waals surface area contributed by atoms with Crippen LogP contribution < -0.4 is 0 Å². The largest absolute Gasteiger partial charge is 0.369 e. The molecule has 0 radical (unpaired) electrons. The zero-order chi connectivity index (χ0) is 10.3. The van der Waals surface area contributed by atoms with Crippen molar-refractivity contribution in [3.8, 4) is 0 Å². The molecule has 0 bridgehead atoms. The van der Waals surface area contributed by atoms with Crippen LogP contribution in [-0.4, -0.2) is 25.3 Å². The van der Waals surface area contributed by atoms with E-state index in [9.17, 15) is 0 Å². The number of rotatable bonds is 6. The minimum absolute atomic E-state index is 0.798. The van der Waals surface area contributed by atoms with Crippen molar-refractivity contribution in [2.75, 3.05) is 14.1 Å². The minimum Gasteiger partial charge on any atom is -0.369 e. The highest BCUT2D eigenvalue weighted by Crippen LogP contribution is 2.26. The molecule has 0 aromatic heterocycles. The van der Waals surface area contributed by atoms with Gasteiger partial charge >= 0.3 is 0 Å². The van der Waals surface area contributed by atoms with Gasteiger partial charge in [-0.25, -0.2) is 4.99 Å². The van der Waals surface area contributed by atoms with Gasteiger partial charge in [-0.05, 0) is 11.3 Å². The summed E-state index contributed by atoms with van der Waals surface area (Å²) >= 11 is 1.55. The second kappa shape index (κ2) is 6.78. The van der Waals surface area contributed by atoms with Gasteiger partial charge in [0.05, 0.1) is 11.4 Å². The van der Waals surface area contributed by atoms with E-state index >= 15 is 0 Å². The Labute approximate surface area is 85.4 Å². The third kappa shape index (κ3) is 7.65. The van der Waals surface area contributed by atoms with Gasteiger partial charge in [0.25, 0.3) is 0 Å². The molecule has 0 spiro atoms. The van der Waals surface area contributed by atoms with Crippen molar-refractivity contribution in [2.24, 2.45) is 4.99 Å². The summed E-state index contributed by atoms with van der Waals surface area (Å²) in [4.78, 5) is 7.17. The molecule has 0 aliphatic heterocycles. The van der Waals surface area contributed by atoms with E-state index in [0.717, 1.165) is 22.8 Å². The van der Waals surface area contributed by atoms with Crippen molar-refractivity contribution in [1.82, 2.24) is 4.90 Å². The Hall–Kier alpha value is -0.700. The summed E-state index contributed by atoms with van der Waals surface area (Å²) in [7, 11) is 3.87. The maximum atomic E-state index is 4.15. The lowest BCUT2D eigenvalue weighted by atomic mass is 10.3. The summed E-state index contributed by atoms with van der Waals surface area (Å²) in [6.45, 7) is 9.89. The Balaban J connectivity index is 3.81. The van der Waals surface area contributed by atoms with Crippen molar-refractivity contribution in [2.45, 2.75) is 19.8 Å². The Morgan fingerprint density at radius 3 is 2.54 bits per heavy atom. The zero-order valence-corrected chi connectivity index (χ0v) is 9.52. The molecule has 0 saturated carbocycles. The number of hydrogen-bond acceptors (Lipinski definition) is 2. The maximum absolute atomic E-state index is 4.15. The van der Waals surface area contributed by atoms with E-state index in [4.69, 9.17) is 0 Å². The lowest BCUT2D eigenvalue weighted by molar-refractivity contribution is 0.643. The van der Waals surface area contributed by atoms with E-state index in [2.05, 4.69) is 25.1 Å². The summed E-state index contributed by atoms with van der Waals surface area (Å²) in [6, 6.07) is 0. The van der Waals surface area contributed by atoms with E-state index in [1.165, 1.54) is 0 Å².